The highest BCUT2D eigenvalue weighted by atomic mass is 127. The van der Waals surface area contributed by atoms with Crippen molar-refractivity contribution in [3.63, 3.8) is 0 Å². The van der Waals surface area contributed by atoms with Crippen LogP contribution in [0.15, 0.2) is 29.3 Å². The number of aliphatic imine (C=N–C) groups is 1. The molecule has 1 heterocycles. The maximum Gasteiger partial charge on any atom is 0.416 e. The molecule has 2 N–H and O–H groups in total. The number of hydrogen-bond acceptors (Lipinski definition) is 2. The molecule has 4 nitrogen and oxygen atoms in total. The largest absolute Gasteiger partial charge is 0.416 e. The number of ether oxygens (including phenoxy) is 1. The summed E-state index contributed by atoms with van der Waals surface area (Å²) in [5, 5.41) is 6.48. The first-order valence-electron chi connectivity index (χ1n) is 8.43. The standard InChI is InChI=1S/C18H26F3N3O.HI/c1-13(14-5-4-6-15(9-14)18(19,20)21)7-8-23-16(22-3)24-10-17(2)11-25-12-17;/h4-6,9,13H,7-8,10-12H2,1-3H3,(H2,22,23,24);1H. The van der Waals surface area contributed by atoms with Crippen molar-refractivity contribution < 1.29 is 17.9 Å². The van der Waals surface area contributed by atoms with Gasteiger partial charge in [-0.25, -0.2) is 0 Å². The van der Waals surface area contributed by atoms with Crippen LogP contribution in [0, 0.1) is 5.41 Å². The monoisotopic (exact) mass is 485 g/mol. The number of alkyl halides is 3. The number of rotatable bonds is 6. The van der Waals surface area contributed by atoms with E-state index in [1.807, 2.05) is 6.92 Å². The van der Waals surface area contributed by atoms with Gasteiger partial charge in [0.15, 0.2) is 5.96 Å². The van der Waals surface area contributed by atoms with E-state index in [1.54, 1.807) is 13.1 Å². The molecule has 1 unspecified atom stereocenters. The lowest BCUT2D eigenvalue weighted by atomic mass is 9.89. The van der Waals surface area contributed by atoms with Crippen LogP contribution in [0.2, 0.25) is 0 Å². The molecule has 1 fully saturated rings. The Balaban J connectivity index is 0.00000338. The molecule has 1 atom stereocenters. The lowest BCUT2D eigenvalue weighted by molar-refractivity contribution is -0.137. The van der Waals surface area contributed by atoms with Gasteiger partial charge >= 0.3 is 6.18 Å². The minimum absolute atomic E-state index is 0. The fourth-order valence-electron chi connectivity index (χ4n) is 2.67. The second-order valence-electron chi connectivity index (χ2n) is 6.97. The third-order valence-electron chi connectivity index (χ3n) is 4.46. The van der Waals surface area contributed by atoms with Crippen LogP contribution in [0.4, 0.5) is 13.2 Å². The summed E-state index contributed by atoms with van der Waals surface area (Å²) in [6.45, 7) is 6.96. The van der Waals surface area contributed by atoms with Gasteiger partial charge in [0.2, 0.25) is 0 Å². The summed E-state index contributed by atoms with van der Waals surface area (Å²) in [7, 11) is 1.70. The molecule has 0 aliphatic carbocycles. The Morgan fingerprint density at radius 1 is 1.31 bits per heavy atom. The van der Waals surface area contributed by atoms with Crippen LogP contribution < -0.4 is 10.6 Å². The van der Waals surface area contributed by atoms with Crippen LogP contribution in [0.5, 0.6) is 0 Å². The van der Waals surface area contributed by atoms with Crippen LogP contribution in [0.1, 0.15) is 37.3 Å². The maximum absolute atomic E-state index is 12.8. The highest BCUT2D eigenvalue weighted by Crippen LogP contribution is 2.31. The molecule has 8 heteroatoms. The molecule has 0 amide bonds. The van der Waals surface area contributed by atoms with E-state index in [2.05, 4.69) is 22.5 Å². The zero-order chi connectivity index (χ0) is 18.5. The van der Waals surface area contributed by atoms with E-state index < -0.39 is 11.7 Å². The number of guanidine groups is 1. The zero-order valence-corrected chi connectivity index (χ0v) is 17.7. The van der Waals surface area contributed by atoms with E-state index in [-0.39, 0.29) is 35.3 Å². The molecule has 1 aromatic rings. The first kappa shape index (κ1) is 23.0. The van der Waals surface area contributed by atoms with Crippen molar-refractivity contribution in [2.45, 2.75) is 32.4 Å². The Morgan fingerprint density at radius 3 is 2.54 bits per heavy atom. The van der Waals surface area contributed by atoms with Gasteiger partial charge in [-0.05, 0) is 24.0 Å². The molecule has 1 aliphatic rings. The predicted octanol–water partition coefficient (Wildman–Crippen LogP) is 4.02. The zero-order valence-electron chi connectivity index (χ0n) is 15.3. The Morgan fingerprint density at radius 2 is 2.00 bits per heavy atom. The molecule has 26 heavy (non-hydrogen) atoms. The van der Waals surface area contributed by atoms with Crippen LogP contribution in [-0.4, -0.2) is 39.3 Å². The summed E-state index contributed by atoms with van der Waals surface area (Å²) < 4.78 is 43.6. The summed E-state index contributed by atoms with van der Waals surface area (Å²) in [6.07, 6.45) is -3.59. The second kappa shape index (κ2) is 9.77. The molecular weight excluding hydrogens is 458 g/mol. The number of nitrogens with zero attached hydrogens (tertiary/aromatic N) is 1. The lowest BCUT2D eigenvalue weighted by Gasteiger charge is -2.38. The minimum atomic E-state index is -4.30. The number of halogens is 4. The summed E-state index contributed by atoms with van der Waals surface area (Å²) in [5.74, 6) is 0.717. The van der Waals surface area contributed by atoms with Crippen molar-refractivity contribution in [1.82, 2.24) is 10.6 Å². The molecule has 148 valence electrons. The molecule has 0 radical (unpaired) electrons. The molecule has 0 bridgehead atoms. The molecule has 1 saturated heterocycles. The quantitative estimate of drug-likeness (QED) is 0.364. The average Bonchev–Trinajstić information content (AvgIpc) is 2.55. The van der Waals surface area contributed by atoms with Gasteiger partial charge in [-0.15, -0.1) is 24.0 Å². The minimum Gasteiger partial charge on any atom is -0.380 e. The van der Waals surface area contributed by atoms with Crippen molar-refractivity contribution in [2.75, 3.05) is 33.4 Å². The topological polar surface area (TPSA) is 45.7 Å². The predicted molar refractivity (Wildman–Crippen MR) is 108 cm³/mol. The lowest BCUT2D eigenvalue weighted by Crippen LogP contribution is -2.51. The van der Waals surface area contributed by atoms with E-state index in [0.717, 1.165) is 25.8 Å². The maximum atomic E-state index is 12.8. The highest BCUT2D eigenvalue weighted by molar-refractivity contribution is 14.0. The van der Waals surface area contributed by atoms with Crippen LogP contribution in [-0.2, 0) is 10.9 Å². The first-order chi connectivity index (χ1) is 11.7. The van der Waals surface area contributed by atoms with Crippen molar-refractivity contribution >= 4 is 29.9 Å². The summed E-state index contributed by atoms with van der Waals surface area (Å²) in [6, 6.07) is 5.54. The van der Waals surface area contributed by atoms with Crippen LogP contribution in [0.25, 0.3) is 0 Å². The Hall–Kier alpha value is -1.03. The molecular formula is C18H27F3IN3O. The van der Waals surface area contributed by atoms with Gasteiger partial charge in [0.25, 0.3) is 0 Å². The third-order valence-corrected chi connectivity index (χ3v) is 4.46. The van der Waals surface area contributed by atoms with Crippen molar-refractivity contribution in [2.24, 2.45) is 10.4 Å². The smallest absolute Gasteiger partial charge is 0.380 e. The number of nitrogens with one attached hydrogen (secondary N) is 2. The van der Waals surface area contributed by atoms with Crippen LogP contribution >= 0.6 is 24.0 Å². The van der Waals surface area contributed by atoms with Crippen molar-refractivity contribution in [3.8, 4) is 0 Å². The van der Waals surface area contributed by atoms with Crippen LogP contribution in [0.3, 0.4) is 0 Å². The summed E-state index contributed by atoms with van der Waals surface area (Å²) in [4.78, 5) is 4.17. The van der Waals surface area contributed by atoms with E-state index >= 15 is 0 Å². The van der Waals surface area contributed by atoms with E-state index in [0.29, 0.717) is 24.5 Å². The van der Waals surface area contributed by atoms with Gasteiger partial charge in [0.05, 0.1) is 18.8 Å². The second-order valence-corrected chi connectivity index (χ2v) is 6.97. The molecule has 0 aromatic heterocycles. The third kappa shape index (κ3) is 6.61. The molecule has 1 aromatic carbocycles. The van der Waals surface area contributed by atoms with Gasteiger partial charge in [-0.1, -0.05) is 32.0 Å². The van der Waals surface area contributed by atoms with Gasteiger partial charge in [0.1, 0.15) is 0 Å². The Kier molecular flexibility index (Phi) is 8.65. The molecule has 1 aliphatic heterocycles. The Bertz CT molecular complexity index is 604. The van der Waals surface area contributed by atoms with Crippen molar-refractivity contribution in [3.05, 3.63) is 35.4 Å². The van der Waals surface area contributed by atoms with Crippen molar-refractivity contribution in [1.29, 1.82) is 0 Å². The fourth-order valence-corrected chi connectivity index (χ4v) is 2.67. The first-order valence-corrected chi connectivity index (χ1v) is 8.43. The number of benzene rings is 1. The molecule has 0 spiro atoms. The SMILES string of the molecule is CN=C(NCCC(C)c1cccc(C(F)(F)F)c1)NCC1(C)COC1.I. The van der Waals surface area contributed by atoms with Gasteiger partial charge in [-0.3, -0.25) is 4.99 Å². The van der Waals surface area contributed by atoms with E-state index in [1.165, 1.54) is 12.1 Å². The number of hydrogen-bond donors (Lipinski definition) is 2. The fraction of sp³-hybridized carbons (Fsp3) is 0.611. The Labute approximate surface area is 170 Å². The van der Waals surface area contributed by atoms with Gasteiger partial charge in [0, 0.05) is 25.6 Å². The van der Waals surface area contributed by atoms with Gasteiger partial charge in [-0.2, -0.15) is 13.2 Å². The molecule has 2 rings (SSSR count). The normalized spacial score (nSPS) is 17.7. The highest BCUT2D eigenvalue weighted by Gasteiger charge is 2.33. The summed E-state index contributed by atoms with van der Waals surface area (Å²) >= 11 is 0. The van der Waals surface area contributed by atoms with Gasteiger partial charge < -0.3 is 15.4 Å². The van der Waals surface area contributed by atoms with E-state index in [9.17, 15) is 13.2 Å². The van der Waals surface area contributed by atoms with E-state index in [4.69, 9.17) is 4.74 Å². The molecule has 0 saturated carbocycles. The average molecular weight is 485 g/mol. The summed E-state index contributed by atoms with van der Waals surface area (Å²) in [5.41, 5.74) is 0.236.